The van der Waals surface area contributed by atoms with Crippen molar-refractivity contribution < 1.29 is 4.79 Å². The number of likely N-dealkylation sites (tertiary alicyclic amines) is 1. The van der Waals surface area contributed by atoms with Gasteiger partial charge in [-0.15, -0.1) is 23.4 Å². The van der Waals surface area contributed by atoms with E-state index in [9.17, 15) is 4.79 Å². The highest BCUT2D eigenvalue weighted by Crippen LogP contribution is 2.21. The van der Waals surface area contributed by atoms with E-state index in [0.717, 1.165) is 30.8 Å². The summed E-state index contributed by atoms with van der Waals surface area (Å²) >= 11 is 7.49. The van der Waals surface area contributed by atoms with Gasteiger partial charge in [0.25, 0.3) is 0 Å². The zero-order valence-corrected chi connectivity index (χ0v) is 11.9. The van der Waals surface area contributed by atoms with Crippen molar-refractivity contribution in [2.24, 2.45) is 5.92 Å². The highest BCUT2D eigenvalue weighted by molar-refractivity contribution is 8.00. The number of carbonyl (C=O) groups is 1. The third-order valence-corrected chi connectivity index (χ3v) is 4.63. The van der Waals surface area contributed by atoms with Crippen molar-refractivity contribution >= 4 is 29.3 Å². The standard InChI is InChI=1S/C14H18ClNOS/c15-9-12-5-4-8-16(10-12)14(17)11-18-13-6-2-1-3-7-13/h1-3,6-7,12H,4-5,8-11H2. The Kier molecular flexibility index (Phi) is 5.39. The van der Waals surface area contributed by atoms with Crippen LogP contribution in [0.3, 0.4) is 0 Å². The number of benzene rings is 1. The lowest BCUT2D eigenvalue weighted by atomic mass is 10.0. The lowest BCUT2D eigenvalue weighted by Crippen LogP contribution is -2.41. The first-order chi connectivity index (χ1) is 8.79. The van der Waals surface area contributed by atoms with Gasteiger partial charge in [0.15, 0.2) is 0 Å². The Labute approximate surface area is 118 Å². The molecule has 2 rings (SSSR count). The number of nitrogens with zero attached hydrogens (tertiary/aromatic N) is 1. The van der Waals surface area contributed by atoms with Crippen LogP contribution in [0.25, 0.3) is 0 Å². The number of amides is 1. The number of piperidine rings is 1. The SMILES string of the molecule is O=C(CSc1ccccc1)N1CCCC(CCl)C1. The largest absolute Gasteiger partial charge is 0.342 e. The summed E-state index contributed by atoms with van der Waals surface area (Å²) in [5, 5.41) is 0. The molecule has 0 N–H and O–H groups in total. The normalized spacial score (nSPS) is 19.8. The smallest absolute Gasteiger partial charge is 0.232 e. The van der Waals surface area contributed by atoms with Crippen LogP contribution in [0.15, 0.2) is 35.2 Å². The van der Waals surface area contributed by atoms with Crippen LogP contribution >= 0.6 is 23.4 Å². The minimum atomic E-state index is 0.235. The average Bonchev–Trinajstić information content (AvgIpc) is 2.46. The molecule has 0 saturated carbocycles. The number of carbonyl (C=O) groups excluding carboxylic acids is 1. The summed E-state index contributed by atoms with van der Waals surface area (Å²) in [7, 11) is 0. The predicted octanol–water partition coefficient (Wildman–Crippen LogP) is 3.26. The molecular formula is C14H18ClNOS. The van der Waals surface area contributed by atoms with Crippen LogP contribution < -0.4 is 0 Å². The first kappa shape index (κ1) is 13.8. The molecule has 1 atom stereocenters. The second-order valence-corrected chi connectivity index (χ2v) is 5.96. The van der Waals surface area contributed by atoms with E-state index < -0.39 is 0 Å². The molecule has 0 radical (unpaired) electrons. The van der Waals surface area contributed by atoms with E-state index in [1.54, 1.807) is 11.8 Å². The monoisotopic (exact) mass is 283 g/mol. The van der Waals surface area contributed by atoms with Gasteiger partial charge in [0.1, 0.15) is 0 Å². The highest BCUT2D eigenvalue weighted by Gasteiger charge is 2.22. The maximum Gasteiger partial charge on any atom is 0.232 e. The van der Waals surface area contributed by atoms with Crippen molar-refractivity contribution in [1.82, 2.24) is 4.90 Å². The van der Waals surface area contributed by atoms with Gasteiger partial charge >= 0.3 is 0 Å². The van der Waals surface area contributed by atoms with Crippen LogP contribution in [0.1, 0.15) is 12.8 Å². The van der Waals surface area contributed by atoms with Gasteiger partial charge in [0.05, 0.1) is 5.75 Å². The summed E-state index contributed by atoms with van der Waals surface area (Å²) in [5.74, 6) is 1.90. The molecule has 4 heteroatoms. The zero-order chi connectivity index (χ0) is 12.8. The van der Waals surface area contributed by atoms with E-state index in [1.807, 2.05) is 35.2 Å². The van der Waals surface area contributed by atoms with Gasteiger partial charge < -0.3 is 4.90 Å². The van der Waals surface area contributed by atoms with Gasteiger partial charge in [-0.2, -0.15) is 0 Å². The van der Waals surface area contributed by atoms with Crippen LogP contribution in [0.4, 0.5) is 0 Å². The predicted molar refractivity (Wildman–Crippen MR) is 77.2 cm³/mol. The molecule has 1 heterocycles. The molecule has 0 bridgehead atoms. The van der Waals surface area contributed by atoms with Gasteiger partial charge in [0, 0.05) is 23.9 Å². The minimum Gasteiger partial charge on any atom is -0.342 e. The third kappa shape index (κ3) is 3.92. The lowest BCUT2D eigenvalue weighted by molar-refractivity contribution is -0.129. The first-order valence-corrected chi connectivity index (χ1v) is 7.83. The van der Waals surface area contributed by atoms with Gasteiger partial charge in [-0.05, 0) is 30.9 Å². The number of rotatable bonds is 4. The number of hydrogen-bond acceptors (Lipinski definition) is 2. The van der Waals surface area contributed by atoms with Crippen LogP contribution in [-0.4, -0.2) is 35.5 Å². The summed E-state index contributed by atoms with van der Waals surface area (Å²) in [6.45, 7) is 1.72. The van der Waals surface area contributed by atoms with Gasteiger partial charge in [-0.1, -0.05) is 18.2 Å². The van der Waals surface area contributed by atoms with Crippen LogP contribution in [0.2, 0.25) is 0 Å². The molecule has 1 aliphatic rings. The summed E-state index contributed by atoms with van der Waals surface area (Å²) < 4.78 is 0. The maximum absolute atomic E-state index is 12.1. The Morgan fingerprint density at radius 1 is 1.39 bits per heavy atom. The van der Waals surface area contributed by atoms with E-state index in [0.29, 0.717) is 17.6 Å². The third-order valence-electron chi connectivity index (χ3n) is 3.20. The molecule has 1 aromatic rings. The van der Waals surface area contributed by atoms with Crippen molar-refractivity contribution in [3.63, 3.8) is 0 Å². The molecule has 18 heavy (non-hydrogen) atoms. The highest BCUT2D eigenvalue weighted by atomic mass is 35.5. The average molecular weight is 284 g/mol. The van der Waals surface area contributed by atoms with Crippen molar-refractivity contribution in [2.75, 3.05) is 24.7 Å². The molecule has 1 fully saturated rings. The van der Waals surface area contributed by atoms with Gasteiger partial charge in [-0.3, -0.25) is 4.79 Å². The number of hydrogen-bond donors (Lipinski definition) is 0. The Balaban J connectivity index is 1.81. The Hall–Kier alpha value is -0.670. The second kappa shape index (κ2) is 7.05. The minimum absolute atomic E-state index is 0.235. The van der Waals surface area contributed by atoms with E-state index in [-0.39, 0.29) is 5.91 Å². The van der Waals surface area contributed by atoms with Crippen molar-refractivity contribution in [1.29, 1.82) is 0 Å². The van der Waals surface area contributed by atoms with Crippen LogP contribution in [0, 0.1) is 5.92 Å². The number of alkyl halides is 1. The van der Waals surface area contributed by atoms with E-state index >= 15 is 0 Å². The lowest BCUT2D eigenvalue weighted by Gasteiger charge is -2.31. The molecule has 0 spiro atoms. The molecule has 1 amide bonds. The fourth-order valence-corrected chi connectivity index (χ4v) is 3.24. The second-order valence-electron chi connectivity index (χ2n) is 4.60. The summed E-state index contributed by atoms with van der Waals surface area (Å²) in [5.41, 5.74) is 0. The van der Waals surface area contributed by atoms with E-state index in [1.165, 1.54) is 0 Å². The molecule has 1 unspecified atom stereocenters. The number of thioether (sulfide) groups is 1. The van der Waals surface area contributed by atoms with Gasteiger partial charge in [0.2, 0.25) is 5.91 Å². The molecule has 0 aliphatic carbocycles. The molecule has 1 aromatic carbocycles. The molecular weight excluding hydrogens is 266 g/mol. The Morgan fingerprint density at radius 2 is 2.17 bits per heavy atom. The summed E-state index contributed by atoms with van der Waals surface area (Å²) in [4.78, 5) is 15.2. The van der Waals surface area contributed by atoms with Crippen molar-refractivity contribution in [3.8, 4) is 0 Å². The molecule has 1 aliphatic heterocycles. The topological polar surface area (TPSA) is 20.3 Å². The first-order valence-electron chi connectivity index (χ1n) is 6.31. The summed E-state index contributed by atoms with van der Waals surface area (Å²) in [6.07, 6.45) is 2.23. The van der Waals surface area contributed by atoms with Crippen molar-refractivity contribution in [3.05, 3.63) is 30.3 Å². The zero-order valence-electron chi connectivity index (χ0n) is 10.3. The molecule has 0 aromatic heterocycles. The molecule has 98 valence electrons. The number of halogens is 1. The quantitative estimate of drug-likeness (QED) is 0.624. The van der Waals surface area contributed by atoms with Gasteiger partial charge in [-0.25, -0.2) is 0 Å². The maximum atomic E-state index is 12.1. The Bertz CT molecular complexity index is 385. The van der Waals surface area contributed by atoms with E-state index in [2.05, 4.69) is 0 Å². The summed E-state index contributed by atoms with van der Waals surface area (Å²) in [6, 6.07) is 10.1. The van der Waals surface area contributed by atoms with E-state index in [4.69, 9.17) is 11.6 Å². The molecule has 2 nitrogen and oxygen atoms in total. The Morgan fingerprint density at radius 3 is 2.89 bits per heavy atom. The van der Waals surface area contributed by atoms with Crippen molar-refractivity contribution in [2.45, 2.75) is 17.7 Å². The fourth-order valence-electron chi connectivity index (χ4n) is 2.17. The van der Waals surface area contributed by atoms with Crippen LogP contribution in [-0.2, 0) is 4.79 Å². The van der Waals surface area contributed by atoms with Crippen LogP contribution in [0.5, 0.6) is 0 Å². The fraction of sp³-hybridized carbons (Fsp3) is 0.500. The molecule has 1 saturated heterocycles.